The Morgan fingerprint density at radius 2 is 2.17 bits per heavy atom. The largest absolute Gasteiger partial charge is 0.462 e. The molecule has 1 aromatic carbocycles. The van der Waals surface area contributed by atoms with Crippen LogP contribution in [0.3, 0.4) is 0 Å². The number of nitrogens with zero attached hydrogens (tertiary/aromatic N) is 1. The van der Waals surface area contributed by atoms with Gasteiger partial charge in [0.25, 0.3) is 0 Å². The van der Waals surface area contributed by atoms with Crippen molar-refractivity contribution in [2.75, 3.05) is 20.7 Å². The summed E-state index contributed by atoms with van der Waals surface area (Å²) in [5.41, 5.74) is 1.10. The topological polar surface area (TPSA) is 29.5 Å². The smallest absolute Gasteiger partial charge is 0.340 e. The van der Waals surface area contributed by atoms with Crippen LogP contribution in [-0.2, 0) is 9.53 Å². The van der Waals surface area contributed by atoms with Gasteiger partial charge >= 0.3 is 5.97 Å². The SMILES string of the molecule is CCOC(=O)C(=CN(C)C)c1ccc(Br)cc1Cl. The quantitative estimate of drug-likeness (QED) is 0.623. The first-order valence-corrected chi connectivity index (χ1v) is 6.63. The zero-order valence-electron chi connectivity index (χ0n) is 10.5. The van der Waals surface area contributed by atoms with E-state index in [2.05, 4.69) is 15.9 Å². The highest BCUT2D eigenvalue weighted by atomic mass is 79.9. The van der Waals surface area contributed by atoms with Crippen molar-refractivity contribution in [3.8, 4) is 0 Å². The molecule has 0 saturated heterocycles. The maximum absolute atomic E-state index is 11.9. The van der Waals surface area contributed by atoms with Crippen LogP contribution in [0.15, 0.2) is 28.9 Å². The molecule has 1 rings (SSSR count). The molecule has 98 valence electrons. The first-order valence-electron chi connectivity index (χ1n) is 5.46. The molecule has 3 nitrogen and oxygen atoms in total. The van der Waals surface area contributed by atoms with Crippen molar-refractivity contribution in [2.24, 2.45) is 0 Å². The van der Waals surface area contributed by atoms with Crippen molar-refractivity contribution < 1.29 is 9.53 Å². The number of carbonyl (C=O) groups is 1. The zero-order valence-corrected chi connectivity index (χ0v) is 12.9. The molecule has 0 spiro atoms. The molecular weight excluding hydrogens is 318 g/mol. The van der Waals surface area contributed by atoms with Crippen molar-refractivity contribution >= 4 is 39.1 Å². The standard InChI is InChI=1S/C13H15BrClNO2/c1-4-18-13(17)11(8-16(2)3)10-6-5-9(14)7-12(10)15/h5-8H,4H2,1-3H3. The van der Waals surface area contributed by atoms with Crippen LogP contribution in [0.1, 0.15) is 12.5 Å². The zero-order chi connectivity index (χ0) is 13.7. The van der Waals surface area contributed by atoms with Gasteiger partial charge in [-0.1, -0.05) is 33.6 Å². The molecule has 0 aliphatic carbocycles. The van der Waals surface area contributed by atoms with Crippen LogP contribution in [0.25, 0.3) is 5.57 Å². The number of carbonyl (C=O) groups excluding carboxylic acids is 1. The summed E-state index contributed by atoms with van der Waals surface area (Å²) in [6.07, 6.45) is 1.70. The highest BCUT2D eigenvalue weighted by Gasteiger charge is 2.16. The average Bonchev–Trinajstić information content (AvgIpc) is 2.26. The summed E-state index contributed by atoms with van der Waals surface area (Å²) in [4.78, 5) is 13.7. The van der Waals surface area contributed by atoms with Gasteiger partial charge in [0.15, 0.2) is 0 Å². The number of rotatable bonds is 4. The lowest BCUT2D eigenvalue weighted by atomic mass is 10.1. The Morgan fingerprint density at radius 3 is 2.67 bits per heavy atom. The first kappa shape index (κ1) is 15.1. The van der Waals surface area contributed by atoms with E-state index in [1.807, 2.05) is 20.2 Å². The second-order valence-electron chi connectivity index (χ2n) is 3.85. The number of ether oxygens (including phenoxy) is 1. The van der Waals surface area contributed by atoms with E-state index >= 15 is 0 Å². The molecule has 1 aromatic rings. The Kier molecular flexibility index (Phi) is 5.69. The van der Waals surface area contributed by atoms with Gasteiger partial charge in [0.1, 0.15) is 0 Å². The van der Waals surface area contributed by atoms with E-state index in [1.54, 1.807) is 30.2 Å². The Morgan fingerprint density at radius 1 is 1.50 bits per heavy atom. The molecule has 0 saturated carbocycles. The number of halogens is 2. The normalized spacial score (nSPS) is 11.3. The Hall–Kier alpha value is -1.000. The Bertz CT molecular complexity index is 472. The molecule has 18 heavy (non-hydrogen) atoms. The lowest BCUT2D eigenvalue weighted by Gasteiger charge is -2.13. The lowest BCUT2D eigenvalue weighted by Crippen LogP contribution is -2.12. The van der Waals surface area contributed by atoms with E-state index in [1.165, 1.54) is 0 Å². The van der Waals surface area contributed by atoms with E-state index in [9.17, 15) is 4.79 Å². The third-order valence-electron chi connectivity index (χ3n) is 2.10. The number of hydrogen-bond acceptors (Lipinski definition) is 3. The molecule has 0 radical (unpaired) electrons. The predicted octanol–water partition coefficient (Wildman–Crippen LogP) is 3.57. The van der Waals surface area contributed by atoms with E-state index in [-0.39, 0.29) is 5.97 Å². The number of benzene rings is 1. The highest BCUT2D eigenvalue weighted by Crippen LogP contribution is 2.28. The number of esters is 1. The summed E-state index contributed by atoms with van der Waals surface area (Å²) in [6, 6.07) is 5.38. The third kappa shape index (κ3) is 4.03. The van der Waals surface area contributed by atoms with Crippen molar-refractivity contribution in [2.45, 2.75) is 6.92 Å². The minimum Gasteiger partial charge on any atom is -0.462 e. The average molecular weight is 333 g/mol. The summed E-state index contributed by atoms with van der Waals surface area (Å²) < 4.78 is 5.91. The summed E-state index contributed by atoms with van der Waals surface area (Å²) in [5, 5.41) is 0.505. The van der Waals surface area contributed by atoms with Crippen LogP contribution in [0, 0.1) is 0 Å². The van der Waals surface area contributed by atoms with Gasteiger partial charge in [0.05, 0.1) is 12.2 Å². The molecule has 0 bridgehead atoms. The second-order valence-corrected chi connectivity index (χ2v) is 5.17. The first-order chi connectivity index (χ1) is 8.45. The molecule has 0 amide bonds. The van der Waals surface area contributed by atoms with Gasteiger partial charge in [-0.25, -0.2) is 4.79 Å². The molecule has 5 heteroatoms. The van der Waals surface area contributed by atoms with Gasteiger partial charge < -0.3 is 9.64 Å². The molecule has 0 aliphatic heterocycles. The summed E-state index contributed by atoms with van der Waals surface area (Å²) in [6.45, 7) is 2.10. The molecule has 0 aromatic heterocycles. The minimum absolute atomic E-state index is 0.331. The van der Waals surface area contributed by atoms with Gasteiger partial charge in [0.2, 0.25) is 0 Å². The van der Waals surface area contributed by atoms with Crippen LogP contribution in [0.5, 0.6) is 0 Å². The molecule has 0 heterocycles. The molecule has 0 N–H and O–H groups in total. The molecule has 0 fully saturated rings. The second kappa shape index (κ2) is 6.81. The maximum atomic E-state index is 11.9. The number of hydrogen-bond donors (Lipinski definition) is 0. The summed E-state index contributed by atoms with van der Waals surface area (Å²) in [7, 11) is 3.68. The van der Waals surface area contributed by atoms with Gasteiger partial charge in [-0.3, -0.25) is 0 Å². The Labute approximate surface area is 121 Å². The highest BCUT2D eigenvalue weighted by molar-refractivity contribution is 9.10. The molecule has 0 aliphatic rings. The van der Waals surface area contributed by atoms with Crippen molar-refractivity contribution in [1.82, 2.24) is 4.90 Å². The van der Waals surface area contributed by atoms with Crippen LogP contribution in [0.4, 0.5) is 0 Å². The fraction of sp³-hybridized carbons (Fsp3) is 0.308. The summed E-state index contributed by atoms with van der Waals surface area (Å²) >= 11 is 9.49. The van der Waals surface area contributed by atoms with Crippen LogP contribution in [0.2, 0.25) is 5.02 Å². The van der Waals surface area contributed by atoms with E-state index in [0.29, 0.717) is 22.8 Å². The van der Waals surface area contributed by atoms with Gasteiger partial charge in [-0.15, -0.1) is 0 Å². The van der Waals surface area contributed by atoms with Crippen LogP contribution < -0.4 is 0 Å². The fourth-order valence-corrected chi connectivity index (χ4v) is 2.18. The summed E-state index contributed by atoms with van der Waals surface area (Å²) in [5.74, 6) is -0.379. The van der Waals surface area contributed by atoms with Gasteiger partial charge in [-0.2, -0.15) is 0 Å². The van der Waals surface area contributed by atoms with E-state index < -0.39 is 0 Å². The fourth-order valence-electron chi connectivity index (χ4n) is 1.41. The molecule has 0 unspecified atom stereocenters. The third-order valence-corrected chi connectivity index (χ3v) is 2.91. The monoisotopic (exact) mass is 331 g/mol. The Balaban J connectivity index is 3.22. The molecular formula is C13H15BrClNO2. The predicted molar refractivity (Wildman–Crippen MR) is 77.4 cm³/mol. The van der Waals surface area contributed by atoms with Crippen molar-refractivity contribution in [3.05, 3.63) is 39.5 Å². The minimum atomic E-state index is -0.379. The van der Waals surface area contributed by atoms with E-state index in [4.69, 9.17) is 16.3 Å². The van der Waals surface area contributed by atoms with Gasteiger partial charge in [-0.05, 0) is 19.1 Å². The van der Waals surface area contributed by atoms with E-state index in [0.717, 1.165) is 4.47 Å². The lowest BCUT2D eigenvalue weighted by molar-refractivity contribution is -0.136. The van der Waals surface area contributed by atoms with Crippen LogP contribution >= 0.6 is 27.5 Å². The van der Waals surface area contributed by atoms with Crippen LogP contribution in [-0.4, -0.2) is 31.6 Å². The van der Waals surface area contributed by atoms with Crippen molar-refractivity contribution in [1.29, 1.82) is 0 Å². The maximum Gasteiger partial charge on any atom is 0.340 e. The molecule has 0 atom stereocenters. The van der Waals surface area contributed by atoms with Crippen molar-refractivity contribution in [3.63, 3.8) is 0 Å². The van der Waals surface area contributed by atoms with Gasteiger partial charge in [0, 0.05) is 35.4 Å².